The van der Waals surface area contributed by atoms with E-state index in [0.717, 1.165) is 6.42 Å². The Hall–Kier alpha value is -3.94. The average Bonchev–Trinajstić information content (AvgIpc) is 3.60. The molecule has 2 saturated carbocycles. The first-order valence-electron chi connectivity index (χ1n) is 13.4. The third-order valence-electron chi connectivity index (χ3n) is 8.87. The lowest BCUT2D eigenvalue weighted by molar-refractivity contribution is -0.139. The number of allylic oxidation sites excluding steroid dienone is 2. The summed E-state index contributed by atoms with van der Waals surface area (Å²) in [5.41, 5.74) is 1.12. The molecule has 2 aromatic rings. The van der Waals surface area contributed by atoms with Crippen LogP contribution in [0.5, 0.6) is 11.5 Å². The van der Waals surface area contributed by atoms with E-state index in [0.29, 0.717) is 35.6 Å². The second-order valence-electron chi connectivity index (χ2n) is 10.9. The first kappa shape index (κ1) is 23.2. The first-order chi connectivity index (χ1) is 18.4. The summed E-state index contributed by atoms with van der Waals surface area (Å²) in [6, 6.07) is 13.8. The number of imide groups is 1. The van der Waals surface area contributed by atoms with Gasteiger partial charge < -0.3 is 14.4 Å². The van der Waals surface area contributed by atoms with E-state index in [1.807, 2.05) is 6.92 Å². The number of carbonyl (C=O) groups excluding carboxylic acids is 4. The van der Waals surface area contributed by atoms with Crippen molar-refractivity contribution in [2.24, 2.45) is 41.4 Å². The molecule has 194 valence electrons. The summed E-state index contributed by atoms with van der Waals surface area (Å²) in [6.07, 6.45) is 5.45. The molecule has 0 aromatic heterocycles. The minimum Gasteiger partial charge on any atom is -0.494 e. The Bertz CT molecular complexity index is 1350. The number of rotatable bonds is 6. The van der Waals surface area contributed by atoms with Gasteiger partial charge in [-0.25, -0.2) is 4.90 Å². The summed E-state index contributed by atoms with van der Waals surface area (Å²) in [7, 11) is 0. The molecule has 6 aliphatic rings. The van der Waals surface area contributed by atoms with E-state index in [9.17, 15) is 19.2 Å². The fourth-order valence-corrected chi connectivity index (χ4v) is 7.10. The van der Waals surface area contributed by atoms with Crippen molar-refractivity contribution in [2.75, 3.05) is 23.0 Å². The molecule has 2 bridgehead atoms. The van der Waals surface area contributed by atoms with Crippen LogP contribution in [0.4, 0.5) is 11.4 Å². The van der Waals surface area contributed by atoms with E-state index in [-0.39, 0.29) is 60.1 Å². The van der Waals surface area contributed by atoms with E-state index >= 15 is 0 Å². The molecule has 0 unspecified atom stereocenters. The summed E-state index contributed by atoms with van der Waals surface area (Å²) >= 11 is 0. The number of carbonyl (C=O) groups is 4. The third kappa shape index (κ3) is 3.50. The van der Waals surface area contributed by atoms with Crippen molar-refractivity contribution >= 4 is 35.1 Å². The Morgan fingerprint density at radius 2 is 1.58 bits per heavy atom. The smallest absolute Gasteiger partial charge is 0.316 e. The van der Waals surface area contributed by atoms with Gasteiger partial charge in [-0.15, -0.1) is 0 Å². The molecule has 3 amide bonds. The monoisotopic (exact) mass is 512 g/mol. The minimum absolute atomic E-state index is 0.0519. The van der Waals surface area contributed by atoms with Gasteiger partial charge in [-0.1, -0.05) is 18.2 Å². The molecule has 4 fully saturated rings. The van der Waals surface area contributed by atoms with Crippen LogP contribution in [0.1, 0.15) is 19.8 Å². The number of benzene rings is 2. The summed E-state index contributed by atoms with van der Waals surface area (Å²) < 4.78 is 11.1. The van der Waals surface area contributed by atoms with Gasteiger partial charge in [0.05, 0.1) is 30.0 Å². The molecule has 8 rings (SSSR count). The summed E-state index contributed by atoms with van der Waals surface area (Å²) in [5, 5.41) is 0. The molecule has 7 atom stereocenters. The molecule has 2 saturated heterocycles. The van der Waals surface area contributed by atoms with Crippen LogP contribution in [0.2, 0.25) is 0 Å². The molecular formula is C30H28N2O6. The molecule has 2 aliphatic heterocycles. The highest BCUT2D eigenvalue weighted by Gasteiger charge is 2.67. The lowest BCUT2D eigenvalue weighted by Gasteiger charge is -2.37. The van der Waals surface area contributed by atoms with Crippen LogP contribution in [0.25, 0.3) is 0 Å². The topological polar surface area (TPSA) is 93.2 Å². The van der Waals surface area contributed by atoms with Crippen molar-refractivity contribution in [3.8, 4) is 11.5 Å². The van der Waals surface area contributed by atoms with Gasteiger partial charge in [0.25, 0.3) is 0 Å². The van der Waals surface area contributed by atoms with Crippen LogP contribution in [-0.4, -0.2) is 36.8 Å². The maximum absolute atomic E-state index is 13.4. The van der Waals surface area contributed by atoms with Crippen LogP contribution in [0, 0.1) is 41.4 Å². The Morgan fingerprint density at radius 1 is 0.895 bits per heavy atom. The highest BCUT2D eigenvalue weighted by Crippen LogP contribution is 2.65. The van der Waals surface area contributed by atoms with Crippen molar-refractivity contribution in [2.45, 2.75) is 19.8 Å². The van der Waals surface area contributed by atoms with Gasteiger partial charge in [0, 0.05) is 24.7 Å². The van der Waals surface area contributed by atoms with Crippen LogP contribution < -0.4 is 19.3 Å². The molecule has 8 heteroatoms. The van der Waals surface area contributed by atoms with E-state index in [4.69, 9.17) is 9.47 Å². The standard InChI is InChI=1S/C30H28N2O6/c1-2-37-19-8-6-17(7-9-19)31-15-16(12-25(31)33)30(36)38-20-5-3-4-18(13-20)32-28(34)26-21-10-11-22(24-14-23(21)24)27(26)29(32)35/h3-11,13,16,21-24,26-27H,2,12,14-15H2,1H3/t16-,21+,22+,23+,24+,26-,27+/m0/s1. The minimum atomic E-state index is -0.621. The number of amides is 3. The van der Waals surface area contributed by atoms with E-state index in [1.165, 1.54) is 4.90 Å². The number of nitrogens with zero attached hydrogens (tertiary/aromatic N) is 2. The van der Waals surface area contributed by atoms with Crippen LogP contribution in [-0.2, 0) is 19.2 Å². The zero-order valence-electron chi connectivity index (χ0n) is 21.0. The Kier molecular flexibility index (Phi) is 5.22. The third-order valence-corrected chi connectivity index (χ3v) is 8.87. The van der Waals surface area contributed by atoms with Gasteiger partial charge in [0.15, 0.2) is 0 Å². The van der Waals surface area contributed by atoms with Crippen molar-refractivity contribution in [1.82, 2.24) is 0 Å². The molecule has 2 heterocycles. The van der Waals surface area contributed by atoms with Gasteiger partial charge in [-0.05, 0) is 73.4 Å². The summed E-state index contributed by atoms with van der Waals surface area (Å²) in [5.74, 6) is 0.166. The SMILES string of the molecule is CCOc1ccc(N2C[C@@H](C(=O)Oc3cccc(N4C(=O)[C@@H]5[C@@H]6C=C[C@H]([C@H]7C[C@H]67)[C@@H]5C4=O)c3)CC2=O)cc1. The maximum atomic E-state index is 13.4. The molecule has 38 heavy (non-hydrogen) atoms. The average molecular weight is 513 g/mol. The lowest BCUT2D eigenvalue weighted by atomic mass is 9.63. The van der Waals surface area contributed by atoms with Crippen LogP contribution in [0.15, 0.2) is 60.7 Å². The number of anilines is 2. The maximum Gasteiger partial charge on any atom is 0.316 e. The first-order valence-corrected chi connectivity index (χ1v) is 13.4. The summed E-state index contributed by atoms with van der Waals surface area (Å²) in [4.78, 5) is 55.4. The van der Waals surface area contributed by atoms with E-state index in [1.54, 1.807) is 53.4 Å². The molecule has 4 aliphatic carbocycles. The Balaban J connectivity index is 1.05. The molecule has 0 N–H and O–H groups in total. The fraction of sp³-hybridized carbons (Fsp3) is 0.400. The van der Waals surface area contributed by atoms with E-state index in [2.05, 4.69) is 12.2 Å². The number of ether oxygens (including phenoxy) is 2. The Morgan fingerprint density at radius 3 is 2.24 bits per heavy atom. The molecule has 2 aromatic carbocycles. The highest BCUT2D eigenvalue weighted by atomic mass is 16.5. The largest absolute Gasteiger partial charge is 0.494 e. The number of hydrogen-bond acceptors (Lipinski definition) is 6. The zero-order valence-corrected chi connectivity index (χ0v) is 21.0. The predicted molar refractivity (Wildman–Crippen MR) is 137 cm³/mol. The molecule has 8 nitrogen and oxygen atoms in total. The quantitative estimate of drug-likeness (QED) is 0.254. The van der Waals surface area contributed by atoms with Gasteiger partial charge >= 0.3 is 5.97 Å². The second-order valence-corrected chi connectivity index (χ2v) is 10.9. The van der Waals surface area contributed by atoms with Gasteiger partial charge in [0.1, 0.15) is 11.5 Å². The normalized spacial score (nSPS) is 32.4. The second kappa shape index (κ2) is 8.55. The number of esters is 1. The molecule has 0 spiro atoms. The lowest BCUT2D eigenvalue weighted by Crippen LogP contribution is -2.40. The predicted octanol–water partition coefficient (Wildman–Crippen LogP) is 3.60. The molecule has 0 radical (unpaired) electrons. The van der Waals surface area contributed by atoms with Crippen LogP contribution >= 0.6 is 0 Å². The highest BCUT2D eigenvalue weighted by molar-refractivity contribution is 6.22. The zero-order chi connectivity index (χ0) is 26.1. The van der Waals surface area contributed by atoms with Gasteiger partial charge in [-0.3, -0.25) is 19.2 Å². The molecular weight excluding hydrogens is 484 g/mol. The fourth-order valence-electron chi connectivity index (χ4n) is 7.10. The Labute approximate surface area is 220 Å². The van der Waals surface area contributed by atoms with Crippen molar-refractivity contribution < 1.29 is 28.7 Å². The van der Waals surface area contributed by atoms with Crippen LogP contribution in [0.3, 0.4) is 0 Å². The van der Waals surface area contributed by atoms with Gasteiger partial charge in [0.2, 0.25) is 17.7 Å². The van der Waals surface area contributed by atoms with Gasteiger partial charge in [-0.2, -0.15) is 0 Å². The van der Waals surface area contributed by atoms with Crippen molar-refractivity contribution in [1.29, 1.82) is 0 Å². The van der Waals surface area contributed by atoms with E-state index < -0.39 is 11.9 Å². The van der Waals surface area contributed by atoms with Crippen molar-refractivity contribution in [3.63, 3.8) is 0 Å². The number of hydrogen-bond donors (Lipinski definition) is 0. The summed E-state index contributed by atoms with van der Waals surface area (Å²) in [6.45, 7) is 2.67. The van der Waals surface area contributed by atoms with Crippen molar-refractivity contribution in [3.05, 3.63) is 60.7 Å².